The van der Waals surface area contributed by atoms with Crippen molar-refractivity contribution in [1.29, 1.82) is 0 Å². The average molecular weight is 404 g/mol. The topological polar surface area (TPSA) is 146 Å². The Balaban J connectivity index is 3.20. The highest BCUT2D eigenvalue weighted by atomic mass is 16.7. The van der Waals surface area contributed by atoms with Gasteiger partial charge in [-0.15, -0.1) is 0 Å². The Kier molecular flexibility index (Phi) is 9.88. The molecule has 0 radical (unpaired) electrons. The molecule has 0 aromatic rings. The molecular formula is C18H28O10. The van der Waals surface area contributed by atoms with Gasteiger partial charge in [-0.3, -0.25) is 14.4 Å². The van der Waals surface area contributed by atoms with E-state index in [-0.39, 0.29) is 19.3 Å². The van der Waals surface area contributed by atoms with Crippen LogP contribution >= 0.6 is 0 Å². The standard InChI is InChI=1S/C18H28O10/c1-4-7-10(19)25-13-14(26-11(20)8-5-2)16(27-12(21)9-6-3)18(24)28-15(13)17(22)23/h13-16,18,24H,4-9H2,1-3H3,(H,22,23)/t13-,14-,15-,16+,18-/m0/s1. The summed E-state index contributed by atoms with van der Waals surface area (Å²) in [6.07, 6.45) is -6.90. The zero-order chi connectivity index (χ0) is 21.3. The molecule has 2 N–H and O–H groups in total. The molecule has 1 aliphatic heterocycles. The molecular weight excluding hydrogens is 376 g/mol. The van der Waals surface area contributed by atoms with Gasteiger partial charge in [-0.2, -0.15) is 0 Å². The molecule has 0 aromatic heterocycles. The summed E-state index contributed by atoms with van der Waals surface area (Å²) in [4.78, 5) is 47.5. The van der Waals surface area contributed by atoms with Crippen LogP contribution in [0.25, 0.3) is 0 Å². The maximum Gasteiger partial charge on any atom is 0.337 e. The van der Waals surface area contributed by atoms with Gasteiger partial charge in [0.05, 0.1) is 0 Å². The van der Waals surface area contributed by atoms with Crippen LogP contribution in [0.1, 0.15) is 59.3 Å². The van der Waals surface area contributed by atoms with Crippen LogP contribution < -0.4 is 0 Å². The quantitative estimate of drug-likeness (QED) is 0.398. The van der Waals surface area contributed by atoms with Crippen LogP contribution in [0, 0.1) is 0 Å². The van der Waals surface area contributed by atoms with Crippen LogP contribution in [0.2, 0.25) is 0 Å². The van der Waals surface area contributed by atoms with Gasteiger partial charge in [-0.05, 0) is 19.3 Å². The number of aliphatic hydroxyl groups is 1. The first kappa shape index (κ1) is 23.8. The highest BCUT2D eigenvalue weighted by Crippen LogP contribution is 2.29. The minimum absolute atomic E-state index is 0.00130. The van der Waals surface area contributed by atoms with Gasteiger partial charge in [-0.25, -0.2) is 4.79 Å². The summed E-state index contributed by atoms with van der Waals surface area (Å²) in [5, 5.41) is 19.6. The summed E-state index contributed by atoms with van der Waals surface area (Å²) in [5.74, 6) is -3.66. The fourth-order valence-corrected chi connectivity index (χ4v) is 2.66. The van der Waals surface area contributed by atoms with E-state index in [9.17, 15) is 29.4 Å². The average Bonchev–Trinajstić information content (AvgIpc) is 2.60. The smallest absolute Gasteiger partial charge is 0.337 e. The summed E-state index contributed by atoms with van der Waals surface area (Å²) in [6.45, 7) is 5.20. The second-order valence-corrected chi connectivity index (χ2v) is 6.40. The van der Waals surface area contributed by atoms with E-state index in [1.165, 1.54) is 0 Å². The normalized spacial score (nSPS) is 26.9. The van der Waals surface area contributed by atoms with Gasteiger partial charge in [0.2, 0.25) is 0 Å². The molecule has 0 saturated carbocycles. The van der Waals surface area contributed by atoms with Gasteiger partial charge in [0.15, 0.2) is 30.7 Å². The van der Waals surface area contributed by atoms with Crippen LogP contribution in [-0.2, 0) is 38.1 Å². The Labute approximate surface area is 163 Å². The maximum atomic E-state index is 12.0. The second-order valence-electron chi connectivity index (χ2n) is 6.40. The van der Waals surface area contributed by atoms with Crippen LogP contribution in [0.15, 0.2) is 0 Å². The van der Waals surface area contributed by atoms with Crippen molar-refractivity contribution in [3.63, 3.8) is 0 Å². The first-order valence-corrected chi connectivity index (χ1v) is 9.39. The number of carbonyl (C=O) groups excluding carboxylic acids is 3. The maximum absolute atomic E-state index is 12.0. The molecule has 0 aliphatic carbocycles. The van der Waals surface area contributed by atoms with Gasteiger partial charge in [0.25, 0.3) is 0 Å². The van der Waals surface area contributed by atoms with Gasteiger partial charge >= 0.3 is 23.9 Å². The molecule has 1 fully saturated rings. The number of aliphatic carboxylic acids is 1. The number of aliphatic hydroxyl groups excluding tert-OH is 1. The number of ether oxygens (including phenoxy) is 4. The number of carboxylic acids is 1. The van der Waals surface area contributed by atoms with E-state index < -0.39 is 54.6 Å². The molecule has 1 heterocycles. The molecule has 10 heteroatoms. The highest BCUT2D eigenvalue weighted by Gasteiger charge is 2.54. The molecule has 5 atom stereocenters. The Morgan fingerprint density at radius 2 is 1.14 bits per heavy atom. The predicted molar refractivity (Wildman–Crippen MR) is 92.9 cm³/mol. The minimum atomic E-state index is -1.87. The lowest BCUT2D eigenvalue weighted by Gasteiger charge is -2.41. The molecule has 0 bridgehead atoms. The number of hydrogen-bond acceptors (Lipinski definition) is 9. The Bertz CT molecular complexity index is 561. The number of hydrogen-bond donors (Lipinski definition) is 2. The monoisotopic (exact) mass is 404 g/mol. The molecule has 1 rings (SSSR count). The molecule has 0 unspecified atom stereocenters. The van der Waals surface area contributed by atoms with Gasteiger partial charge in [-0.1, -0.05) is 20.8 Å². The fraction of sp³-hybridized carbons (Fsp3) is 0.778. The molecule has 28 heavy (non-hydrogen) atoms. The Morgan fingerprint density at radius 3 is 1.54 bits per heavy atom. The molecule has 160 valence electrons. The van der Waals surface area contributed by atoms with Crippen molar-refractivity contribution < 1.29 is 48.3 Å². The number of carboxylic acid groups (broad SMARTS) is 1. The zero-order valence-corrected chi connectivity index (χ0v) is 16.3. The lowest BCUT2D eigenvalue weighted by molar-refractivity contribution is -0.290. The van der Waals surface area contributed by atoms with Crippen molar-refractivity contribution in [3.8, 4) is 0 Å². The molecule has 0 spiro atoms. The largest absolute Gasteiger partial charge is 0.479 e. The Morgan fingerprint density at radius 1 is 0.750 bits per heavy atom. The van der Waals surface area contributed by atoms with E-state index in [4.69, 9.17) is 18.9 Å². The molecule has 0 aromatic carbocycles. The number of rotatable bonds is 10. The van der Waals surface area contributed by atoms with Crippen LogP contribution in [0.3, 0.4) is 0 Å². The van der Waals surface area contributed by atoms with E-state index in [0.717, 1.165) is 0 Å². The lowest BCUT2D eigenvalue weighted by atomic mass is 9.97. The van der Waals surface area contributed by atoms with E-state index >= 15 is 0 Å². The molecule has 0 amide bonds. The molecule has 1 aliphatic rings. The summed E-state index contributed by atoms with van der Waals surface area (Å²) < 4.78 is 20.6. The van der Waals surface area contributed by atoms with E-state index in [1.54, 1.807) is 20.8 Å². The van der Waals surface area contributed by atoms with Crippen molar-refractivity contribution in [2.75, 3.05) is 0 Å². The summed E-state index contributed by atoms with van der Waals surface area (Å²) in [7, 11) is 0. The lowest BCUT2D eigenvalue weighted by Crippen LogP contribution is -2.63. The van der Waals surface area contributed by atoms with Gasteiger partial charge in [0, 0.05) is 19.3 Å². The number of esters is 3. The fourth-order valence-electron chi connectivity index (χ4n) is 2.66. The van der Waals surface area contributed by atoms with Crippen molar-refractivity contribution in [3.05, 3.63) is 0 Å². The van der Waals surface area contributed by atoms with E-state index in [2.05, 4.69) is 0 Å². The highest BCUT2D eigenvalue weighted by molar-refractivity contribution is 5.76. The van der Waals surface area contributed by atoms with Gasteiger partial charge in [0.1, 0.15) is 0 Å². The van der Waals surface area contributed by atoms with E-state index in [1.807, 2.05) is 0 Å². The van der Waals surface area contributed by atoms with Gasteiger partial charge < -0.3 is 29.2 Å². The second kappa shape index (κ2) is 11.6. The van der Waals surface area contributed by atoms with Crippen molar-refractivity contribution >= 4 is 23.9 Å². The van der Waals surface area contributed by atoms with E-state index in [0.29, 0.717) is 19.3 Å². The molecule has 10 nitrogen and oxygen atoms in total. The van der Waals surface area contributed by atoms with Crippen molar-refractivity contribution in [2.24, 2.45) is 0 Å². The summed E-state index contributed by atoms with van der Waals surface area (Å²) in [5.41, 5.74) is 0. The first-order valence-electron chi connectivity index (χ1n) is 9.39. The zero-order valence-electron chi connectivity index (χ0n) is 16.3. The van der Waals surface area contributed by atoms with Crippen molar-refractivity contribution in [1.82, 2.24) is 0 Å². The first-order chi connectivity index (χ1) is 13.2. The SMILES string of the molecule is CCCC(=O)O[C@@H]1[C@@H](OC(=O)CCC)[C@@H](O)O[C@H](C(=O)O)[C@H]1OC(=O)CCC. The molecule has 1 saturated heterocycles. The third-order valence-electron chi connectivity index (χ3n) is 3.92. The van der Waals surface area contributed by atoms with Crippen LogP contribution in [0.5, 0.6) is 0 Å². The summed E-state index contributed by atoms with van der Waals surface area (Å²) >= 11 is 0. The summed E-state index contributed by atoms with van der Waals surface area (Å²) in [6, 6.07) is 0. The Hall–Kier alpha value is -2.20. The third kappa shape index (κ3) is 6.75. The third-order valence-corrected chi connectivity index (χ3v) is 3.92. The van der Waals surface area contributed by atoms with Crippen molar-refractivity contribution in [2.45, 2.75) is 90.0 Å². The predicted octanol–water partition coefficient (Wildman–Crippen LogP) is 0.924. The minimum Gasteiger partial charge on any atom is -0.479 e. The number of carbonyl (C=O) groups is 4. The van der Waals surface area contributed by atoms with Crippen LogP contribution in [-0.4, -0.2) is 64.8 Å². The van der Waals surface area contributed by atoms with Crippen LogP contribution in [0.4, 0.5) is 0 Å².